The van der Waals surface area contributed by atoms with E-state index in [1.54, 1.807) is 0 Å². The van der Waals surface area contributed by atoms with E-state index < -0.39 is 21.8 Å². The van der Waals surface area contributed by atoms with Crippen molar-refractivity contribution in [1.82, 2.24) is 19.0 Å². The number of hydrogen-bond donors (Lipinski definition) is 1. The minimum atomic E-state index is -3.34. The Morgan fingerprint density at radius 1 is 1.39 bits per heavy atom. The highest BCUT2D eigenvalue weighted by Gasteiger charge is 2.30. The normalized spacial score (nSPS) is 21.3. The quantitative estimate of drug-likeness (QED) is 0.768. The average molecular weight is 343 g/mol. The lowest BCUT2D eigenvalue weighted by Gasteiger charge is -2.21. The Morgan fingerprint density at radius 3 is 2.61 bits per heavy atom. The molecule has 1 aliphatic heterocycles. The fourth-order valence-corrected chi connectivity index (χ4v) is 3.66. The highest BCUT2D eigenvalue weighted by molar-refractivity contribution is 7.88. The molecule has 2 rings (SSSR count). The van der Waals surface area contributed by atoms with E-state index in [4.69, 9.17) is 5.73 Å². The van der Waals surface area contributed by atoms with E-state index in [1.165, 1.54) is 4.31 Å². The molecular formula is C14H25N5O3S. The van der Waals surface area contributed by atoms with Crippen molar-refractivity contribution in [2.45, 2.75) is 26.9 Å². The van der Waals surface area contributed by atoms with Gasteiger partial charge in [0.2, 0.25) is 15.9 Å². The molecule has 1 unspecified atom stereocenters. The number of nitrogens with two attached hydrogens (primary N) is 1. The number of hydrogen-bond acceptors (Lipinski definition) is 5. The van der Waals surface area contributed by atoms with E-state index in [-0.39, 0.29) is 6.54 Å². The Kier molecular flexibility index (Phi) is 5.43. The molecule has 2 heterocycles. The lowest BCUT2D eigenvalue weighted by atomic mass is 10.1. The number of nitrogens with zero attached hydrogens (tertiary/aromatic N) is 4. The number of sulfonamides is 1. The molecule has 1 atom stereocenters. The average Bonchev–Trinajstić information content (AvgIpc) is 2.67. The summed E-state index contributed by atoms with van der Waals surface area (Å²) >= 11 is 0. The zero-order chi connectivity index (χ0) is 17.2. The maximum Gasteiger partial charge on any atom is 0.223 e. The summed E-state index contributed by atoms with van der Waals surface area (Å²) in [6.45, 7) is 6.94. The van der Waals surface area contributed by atoms with Crippen molar-refractivity contribution in [3.05, 3.63) is 17.5 Å². The van der Waals surface area contributed by atoms with E-state index in [1.807, 2.05) is 24.7 Å². The third-order valence-corrected chi connectivity index (χ3v) is 5.48. The first-order chi connectivity index (χ1) is 10.7. The molecule has 9 heteroatoms. The molecule has 1 aromatic heterocycles. The fraction of sp³-hybridized carbons (Fsp3) is 0.714. The number of aryl methyl sites for hydroxylation is 2. The van der Waals surface area contributed by atoms with Crippen molar-refractivity contribution >= 4 is 15.9 Å². The Bertz CT molecular complexity index is 670. The van der Waals surface area contributed by atoms with Gasteiger partial charge < -0.3 is 5.73 Å². The molecule has 8 nitrogen and oxygen atoms in total. The second-order valence-electron chi connectivity index (χ2n) is 6.05. The zero-order valence-corrected chi connectivity index (χ0v) is 14.7. The summed E-state index contributed by atoms with van der Waals surface area (Å²) in [5.41, 5.74) is 7.49. The predicted molar refractivity (Wildman–Crippen MR) is 87.0 cm³/mol. The van der Waals surface area contributed by atoms with Crippen LogP contribution < -0.4 is 5.73 Å². The number of aromatic nitrogens is 2. The van der Waals surface area contributed by atoms with Gasteiger partial charge >= 0.3 is 0 Å². The Labute approximate surface area is 137 Å². The molecule has 0 saturated carbocycles. The van der Waals surface area contributed by atoms with Crippen molar-refractivity contribution in [3.8, 4) is 0 Å². The van der Waals surface area contributed by atoms with Crippen molar-refractivity contribution < 1.29 is 13.2 Å². The number of amides is 1. The molecule has 0 radical (unpaired) electrons. The summed E-state index contributed by atoms with van der Waals surface area (Å²) in [5, 5.41) is 4.42. The second kappa shape index (κ2) is 6.98. The van der Waals surface area contributed by atoms with Crippen LogP contribution in [0.1, 0.15) is 18.2 Å². The largest absolute Gasteiger partial charge is 0.369 e. The highest BCUT2D eigenvalue weighted by atomic mass is 32.2. The lowest BCUT2D eigenvalue weighted by molar-refractivity contribution is -0.122. The van der Waals surface area contributed by atoms with E-state index in [0.29, 0.717) is 26.2 Å². The monoisotopic (exact) mass is 343 g/mol. The molecule has 0 bridgehead atoms. The fourth-order valence-electron chi connectivity index (χ4n) is 2.79. The molecule has 0 spiro atoms. The van der Waals surface area contributed by atoms with Crippen LogP contribution in [0.2, 0.25) is 0 Å². The molecule has 0 aromatic carbocycles. The molecule has 1 aliphatic rings. The first-order valence-electron chi connectivity index (χ1n) is 7.70. The van der Waals surface area contributed by atoms with Gasteiger partial charge in [0.05, 0.1) is 17.9 Å². The Morgan fingerprint density at radius 2 is 2.09 bits per heavy atom. The molecular weight excluding hydrogens is 318 g/mol. The smallest absolute Gasteiger partial charge is 0.223 e. The van der Waals surface area contributed by atoms with Gasteiger partial charge in [-0.05, 0) is 13.8 Å². The summed E-state index contributed by atoms with van der Waals surface area (Å²) < 4.78 is 26.8. The lowest BCUT2D eigenvalue weighted by Crippen LogP contribution is -2.40. The summed E-state index contributed by atoms with van der Waals surface area (Å²) in [6, 6.07) is 0. The van der Waals surface area contributed by atoms with Crippen molar-refractivity contribution in [2.24, 2.45) is 11.7 Å². The van der Waals surface area contributed by atoms with Crippen LogP contribution in [0.25, 0.3) is 0 Å². The van der Waals surface area contributed by atoms with Crippen LogP contribution in [-0.2, 0) is 27.9 Å². The van der Waals surface area contributed by atoms with E-state index in [2.05, 4.69) is 10.00 Å². The SMILES string of the molecule is CCn1cc(CN2CCN(S(C)(=O)=O)CC(C(N)=O)C2)c(C)n1. The van der Waals surface area contributed by atoms with Gasteiger partial charge in [0.25, 0.3) is 0 Å². The summed E-state index contributed by atoms with van der Waals surface area (Å²) in [7, 11) is -3.34. The van der Waals surface area contributed by atoms with Crippen LogP contribution in [0.15, 0.2) is 6.20 Å². The van der Waals surface area contributed by atoms with E-state index in [9.17, 15) is 13.2 Å². The molecule has 130 valence electrons. The molecule has 1 amide bonds. The van der Waals surface area contributed by atoms with Crippen LogP contribution in [0, 0.1) is 12.8 Å². The van der Waals surface area contributed by atoms with Gasteiger partial charge in [-0.15, -0.1) is 0 Å². The maximum absolute atomic E-state index is 11.8. The minimum Gasteiger partial charge on any atom is -0.369 e. The molecule has 23 heavy (non-hydrogen) atoms. The summed E-state index contributed by atoms with van der Waals surface area (Å²) in [6.07, 6.45) is 3.16. The first kappa shape index (κ1) is 17.9. The number of rotatable bonds is 5. The van der Waals surface area contributed by atoms with Gasteiger partial charge in [-0.25, -0.2) is 12.7 Å². The summed E-state index contributed by atoms with van der Waals surface area (Å²) in [4.78, 5) is 13.7. The van der Waals surface area contributed by atoms with Gasteiger partial charge in [0.1, 0.15) is 0 Å². The molecule has 1 aromatic rings. The van der Waals surface area contributed by atoms with Crippen molar-refractivity contribution in [1.29, 1.82) is 0 Å². The van der Waals surface area contributed by atoms with Crippen LogP contribution in [0.3, 0.4) is 0 Å². The number of primary amides is 1. The zero-order valence-electron chi connectivity index (χ0n) is 13.9. The van der Waals surface area contributed by atoms with Crippen LogP contribution in [0.5, 0.6) is 0 Å². The van der Waals surface area contributed by atoms with Crippen molar-refractivity contribution in [3.63, 3.8) is 0 Å². The molecule has 1 fully saturated rings. The minimum absolute atomic E-state index is 0.151. The molecule has 1 saturated heterocycles. The predicted octanol–water partition coefficient (Wildman–Crippen LogP) is -0.610. The third kappa shape index (κ3) is 4.52. The third-order valence-electron chi connectivity index (χ3n) is 4.21. The van der Waals surface area contributed by atoms with Crippen LogP contribution >= 0.6 is 0 Å². The number of carbonyl (C=O) groups excluding carboxylic acids is 1. The number of carbonyl (C=O) groups is 1. The van der Waals surface area contributed by atoms with E-state index >= 15 is 0 Å². The second-order valence-corrected chi connectivity index (χ2v) is 8.03. The van der Waals surface area contributed by atoms with E-state index in [0.717, 1.165) is 24.1 Å². The van der Waals surface area contributed by atoms with Gasteiger partial charge in [0, 0.05) is 51.0 Å². The molecule has 2 N–H and O–H groups in total. The van der Waals surface area contributed by atoms with Gasteiger partial charge in [0.15, 0.2) is 0 Å². The highest BCUT2D eigenvalue weighted by Crippen LogP contribution is 2.16. The van der Waals surface area contributed by atoms with Gasteiger partial charge in [-0.1, -0.05) is 0 Å². The van der Waals surface area contributed by atoms with Crippen LogP contribution in [-0.4, -0.2) is 65.7 Å². The van der Waals surface area contributed by atoms with Gasteiger partial charge in [-0.3, -0.25) is 14.4 Å². The molecule has 0 aliphatic carbocycles. The Balaban J connectivity index is 2.16. The van der Waals surface area contributed by atoms with Gasteiger partial charge in [-0.2, -0.15) is 5.10 Å². The maximum atomic E-state index is 11.8. The Hall–Kier alpha value is -1.45. The van der Waals surface area contributed by atoms with Crippen LogP contribution in [0.4, 0.5) is 0 Å². The summed E-state index contributed by atoms with van der Waals surface area (Å²) in [5.74, 6) is -0.972. The standard InChI is InChI=1S/C14H25N5O3S/c1-4-18-9-12(11(2)16-18)7-17-5-6-19(23(3,21)22)10-13(8-17)14(15)20/h9,13H,4-8,10H2,1-3H3,(H2,15,20). The first-order valence-corrected chi connectivity index (χ1v) is 9.55. The van der Waals surface area contributed by atoms with Crippen molar-refractivity contribution in [2.75, 3.05) is 32.4 Å². The topological polar surface area (TPSA) is 102 Å².